The Morgan fingerprint density at radius 1 is 1.45 bits per heavy atom. The molecule has 7 nitrogen and oxygen atoms in total. The van der Waals surface area contributed by atoms with E-state index in [0.29, 0.717) is 24.4 Å². The second-order valence-corrected chi connectivity index (χ2v) is 4.21. The number of carbonyl (C=O) groups excluding carboxylic acids is 1. The van der Waals surface area contributed by atoms with Crippen LogP contribution in [0.5, 0.6) is 0 Å². The standard InChI is InChI=1S/C13H14N2O5/c1-2-4-8(13(17)18)14-12(16)9-7-11(20-15-9)10-5-3-6-19-10/h3,5-8H,2,4H2,1H3,(H,14,16)(H,17,18). The van der Waals surface area contributed by atoms with Gasteiger partial charge in [-0.1, -0.05) is 18.5 Å². The van der Waals surface area contributed by atoms with Gasteiger partial charge in [0.25, 0.3) is 5.91 Å². The van der Waals surface area contributed by atoms with Crippen LogP contribution in [0.1, 0.15) is 30.3 Å². The summed E-state index contributed by atoms with van der Waals surface area (Å²) in [5.74, 6) is -0.912. The van der Waals surface area contributed by atoms with Crippen molar-refractivity contribution in [1.82, 2.24) is 10.5 Å². The summed E-state index contributed by atoms with van der Waals surface area (Å²) in [6.45, 7) is 1.84. The van der Waals surface area contributed by atoms with Gasteiger partial charge in [-0.15, -0.1) is 0 Å². The van der Waals surface area contributed by atoms with Crippen molar-refractivity contribution in [2.75, 3.05) is 0 Å². The van der Waals surface area contributed by atoms with Crippen LogP contribution in [0, 0.1) is 0 Å². The Bertz CT molecular complexity index is 588. The van der Waals surface area contributed by atoms with Crippen LogP contribution in [0.25, 0.3) is 11.5 Å². The first kappa shape index (κ1) is 13.9. The van der Waals surface area contributed by atoms with Crippen molar-refractivity contribution in [1.29, 1.82) is 0 Å². The fourth-order valence-corrected chi connectivity index (χ4v) is 1.70. The predicted molar refractivity (Wildman–Crippen MR) is 68.0 cm³/mol. The van der Waals surface area contributed by atoms with E-state index < -0.39 is 17.9 Å². The lowest BCUT2D eigenvalue weighted by Gasteiger charge is -2.11. The van der Waals surface area contributed by atoms with Crippen LogP contribution in [0.15, 0.2) is 33.4 Å². The maximum absolute atomic E-state index is 11.9. The molecule has 1 amide bonds. The highest BCUT2D eigenvalue weighted by Gasteiger charge is 2.22. The average Bonchev–Trinajstić information content (AvgIpc) is 3.08. The fraction of sp³-hybridized carbons (Fsp3) is 0.308. The zero-order valence-corrected chi connectivity index (χ0v) is 10.8. The van der Waals surface area contributed by atoms with Crippen molar-refractivity contribution in [3.63, 3.8) is 0 Å². The summed E-state index contributed by atoms with van der Waals surface area (Å²) in [5.41, 5.74) is 0.0127. The molecule has 0 aliphatic heterocycles. The number of nitrogens with zero attached hydrogens (tertiary/aromatic N) is 1. The summed E-state index contributed by atoms with van der Waals surface area (Å²) in [4.78, 5) is 22.9. The van der Waals surface area contributed by atoms with E-state index in [1.807, 2.05) is 6.92 Å². The van der Waals surface area contributed by atoms with Crippen molar-refractivity contribution in [2.45, 2.75) is 25.8 Å². The molecule has 0 radical (unpaired) electrons. The molecule has 2 aromatic rings. The number of aliphatic carboxylic acids is 1. The molecule has 20 heavy (non-hydrogen) atoms. The van der Waals surface area contributed by atoms with E-state index in [0.717, 1.165) is 0 Å². The highest BCUT2D eigenvalue weighted by molar-refractivity contribution is 5.95. The number of carbonyl (C=O) groups is 2. The molecule has 1 unspecified atom stereocenters. The normalized spacial score (nSPS) is 12.1. The molecule has 2 rings (SSSR count). The lowest BCUT2D eigenvalue weighted by atomic mass is 10.1. The van der Waals surface area contributed by atoms with Crippen LogP contribution in [-0.2, 0) is 4.79 Å². The lowest BCUT2D eigenvalue weighted by Crippen LogP contribution is -2.40. The zero-order valence-electron chi connectivity index (χ0n) is 10.8. The van der Waals surface area contributed by atoms with Crippen LogP contribution in [0.2, 0.25) is 0 Å². The van der Waals surface area contributed by atoms with Crippen molar-refractivity contribution >= 4 is 11.9 Å². The van der Waals surface area contributed by atoms with Crippen molar-refractivity contribution < 1.29 is 23.6 Å². The minimum Gasteiger partial charge on any atom is -0.480 e. The minimum absolute atomic E-state index is 0.0127. The first-order chi connectivity index (χ1) is 9.61. The molecule has 0 bridgehead atoms. The van der Waals surface area contributed by atoms with Gasteiger partial charge in [-0.2, -0.15) is 0 Å². The second kappa shape index (κ2) is 6.05. The lowest BCUT2D eigenvalue weighted by molar-refractivity contribution is -0.139. The monoisotopic (exact) mass is 278 g/mol. The number of hydrogen-bond acceptors (Lipinski definition) is 5. The van der Waals surface area contributed by atoms with Crippen LogP contribution < -0.4 is 5.32 Å². The molecular formula is C13H14N2O5. The quantitative estimate of drug-likeness (QED) is 0.836. The first-order valence-corrected chi connectivity index (χ1v) is 6.16. The molecule has 2 aromatic heterocycles. The van der Waals surface area contributed by atoms with E-state index in [4.69, 9.17) is 14.0 Å². The van der Waals surface area contributed by atoms with E-state index >= 15 is 0 Å². The number of nitrogens with one attached hydrogen (secondary N) is 1. The van der Waals surface area contributed by atoms with Crippen LogP contribution >= 0.6 is 0 Å². The van der Waals surface area contributed by atoms with Crippen LogP contribution in [0.4, 0.5) is 0 Å². The number of aromatic nitrogens is 1. The third-order valence-electron chi connectivity index (χ3n) is 2.69. The Balaban J connectivity index is 2.08. The molecule has 0 spiro atoms. The summed E-state index contributed by atoms with van der Waals surface area (Å²) >= 11 is 0. The molecule has 0 saturated carbocycles. The molecule has 0 saturated heterocycles. The molecule has 0 aromatic carbocycles. The Morgan fingerprint density at radius 2 is 2.25 bits per heavy atom. The number of furan rings is 1. The average molecular weight is 278 g/mol. The number of carboxylic acids is 1. The third-order valence-corrected chi connectivity index (χ3v) is 2.69. The van der Waals surface area contributed by atoms with Gasteiger partial charge < -0.3 is 19.4 Å². The van der Waals surface area contributed by atoms with Gasteiger partial charge in [0.05, 0.1) is 6.26 Å². The van der Waals surface area contributed by atoms with Gasteiger partial charge in [0, 0.05) is 6.07 Å². The van der Waals surface area contributed by atoms with E-state index in [2.05, 4.69) is 10.5 Å². The molecule has 0 fully saturated rings. The molecule has 2 heterocycles. The molecule has 0 aliphatic carbocycles. The van der Waals surface area contributed by atoms with Crippen molar-refractivity contribution in [3.8, 4) is 11.5 Å². The Morgan fingerprint density at radius 3 is 2.85 bits per heavy atom. The fourth-order valence-electron chi connectivity index (χ4n) is 1.70. The van der Waals surface area contributed by atoms with Gasteiger partial charge in [0.1, 0.15) is 6.04 Å². The number of hydrogen-bond donors (Lipinski definition) is 2. The molecule has 7 heteroatoms. The zero-order chi connectivity index (χ0) is 14.5. The first-order valence-electron chi connectivity index (χ1n) is 6.16. The van der Waals surface area contributed by atoms with Gasteiger partial charge in [-0.3, -0.25) is 4.79 Å². The SMILES string of the molecule is CCCC(NC(=O)c1cc(-c2ccco2)on1)C(=O)O. The number of rotatable bonds is 6. The Labute approximate surface area is 114 Å². The molecule has 0 aliphatic rings. The Hall–Kier alpha value is -2.57. The van der Waals surface area contributed by atoms with Gasteiger partial charge in [0.15, 0.2) is 11.5 Å². The van der Waals surface area contributed by atoms with Gasteiger partial charge in [0.2, 0.25) is 5.76 Å². The van der Waals surface area contributed by atoms with Gasteiger partial charge in [-0.05, 0) is 18.6 Å². The predicted octanol–water partition coefficient (Wildman–Crippen LogP) is 1.92. The maximum atomic E-state index is 11.9. The van der Waals surface area contributed by atoms with E-state index in [-0.39, 0.29) is 5.69 Å². The third kappa shape index (κ3) is 3.05. The summed E-state index contributed by atoms with van der Waals surface area (Å²) in [5, 5.41) is 15.0. The molecule has 106 valence electrons. The van der Waals surface area contributed by atoms with E-state index in [1.165, 1.54) is 12.3 Å². The molecular weight excluding hydrogens is 264 g/mol. The van der Waals surface area contributed by atoms with Crippen molar-refractivity contribution in [3.05, 3.63) is 30.2 Å². The number of carboxylic acid groups (broad SMARTS) is 1. The van der Waals surface area contributed by atoms with Gasteiger partial charge in [-0.25, -0.2) is 4.79 Å². The Kier molecular flexibility index (Phi) is 4.19. The van der Waals surface area contributed by atoms with Crippen molar-refractivity contribution in [2.24, 2.45) is 0 Å². The highest BCUT2D eigenvalue weighted by Crippen LogP contribution is 2.20. The summed E-state index contributed by atoms with van der Waals surface area (Å²) in [7, 11) is 0. The minimum atomic E-state index is -1.07. The van der Waals surface area contributed by atoms with E-state index in [1.54, 1.807) is 12.1 Å². The summed E-state index contributed by atoms with van der Waals surface area (Å²) in [6, 6.07) is 3.81. The maximum Gasteiger partial charge on any atom is 0.326 e. The highest BCUT2D eigenvalue weighted by atomic mass is 16.5. The molecule has 2 N–H and O–H groups in total. The largest absolute Gasteiger partial charge is 0.480 e. The summed E-state index contributed by atoms with van der Waals surface area (Å²) < 4.78 is 10.1. The van der Waals surface area contributed by atoms with E-state index in [9.17, 15) is 9.59 Å². The second-order valence-electron chi connectivity index (χ2n) is 4.21. The topological polar surface area (TPSA) is 106 Å². The van der Waals surface area contributed by atoms with Crippen LogP contribution in [0.3, 0.4) is 0 Å². The smallest absolute Gasteiger partial charge is 0.326 e. The van der Waals surface area contributed by atoms with Crippen LogP contribution in [-0.4, -0.2) is 28.2 Å². The van der Waals surface area contributed by atoms with Gasteiger partial charge >= 0.3 is 5.97 Å². The summed E-state index contributed by atoms with van der Waals surface area (Å²) in [6.07, 6.45) is 2.47. The molecule has 1 atom stereocenters. The number of amides is 1.